The number of rotatable bonds is 6. The summed E-state index contributed by atoms with van der Waals surface area (Å²) in [6, 6.07) is 9.84. The third-order valence-electron chi connectivity index (χ3n) is 3.80. The van der Waals surface area contributed by atoms with Crippen molar-refractivity contribution in [1.82, 2.24) is 0 Å². The number of benzene rings is 2. The van der Waals surface area contributed by atoms with Crippen LogP contribution < -0.4 is 15.4 Å². The van der Waals surface area contributed by atoms with Gasteiger partial charge in [-0.05, 0) is 36.4 Å². The largest absolute Gasteiger partial charge is 0.418 e. The molecular weight excluding hydrogens is 409 g/mol. The number of carbonyl (C=O) groups is 1. The van der Waals surface area contributed by atoms with E-state index in [9.17, 15) is 26.4 Å². The Hall–Kier alpha value is -3.26. The Kier molecular flexibility index (Phi) is 6.38. The van der Waals surface area contributed by atoms with E-state index in [0.29, 0.717) is 11.8 Å². The van der Waals surface area contributed by atoms with Gasteiger partial charge in [-0.1, -0.05) is 6.07 Å². The molecular formula is C18H17F3N4O3S. The molecule has 1 amide bonds. The fourth-order valence-corrected chi connectivity index (χ4v) is 4.03. The third-order valence-corrected chi connectivity index (χ3v) is 5.62. The zero-order valence-corrected chi connectivity index (χ0v) is 16.0. The second kappa shape index (κ2) is 8.40. The number of amides is 1. The maximum absolute atomic E-state index is 13.1. The van der Waals surface area contributed by atoms with Gasteiger partial charge in [0.15, 0.2) is 0 Å². The van der Waals surface area contributed by atoms with E-state index in [2.05, 4.69) is 5.32 Å². The average Bonchev–Trinajstić information content (AvgIpc) is 2.61. The van der Waals surface area contributed by atoms with Gasteiger partial charge in [-0.3, -0.25) is 9.10 Å². The number of anilines is 3. The molecule has 0 fully saturated rings. The number of alkyl halides is 3. The number of nitrogen functional groups attached to an aromatic ring is 1. The highest BCUT2D eigenvalue weighted by molar-refractivity contribution is 7.92. The zero-order chi connectivity index (χ0) is 21.8. The van der Waals surface area contributed by atoms with Crippen molar-refractivity contribution in [2.24, 2.45) is 0 Å². The molecule has 0 aliphatic heterocycles. The molecule has 0 saturated carbocycles. The normalized spacial score (nSPS) is 11.6. The second-order valence-corrected chi connectivity index (χ2v) is 7.83. The van der Waals surface area contributed by atoms with E-state index in [0.717, 1.165) is 16.4 Å². The minimum absolute atomic E-state index is 0.0804. The SMILES string of the molecule is CC(=O)Nc1cccc(N(CCC#N)S(=O)(=O)c2ccc(N)c(C(F)(F)F)c2)c1. The van der Waals surface area contributed by atoms with Gasteiger partial charge in [-0.2, -0.15) is 18.4 Å². The van der Waals surface area contributed by atoms with E-state index < -0.39 is 32.3 Å². The molecule has 2 aromatic carbocycles. The summed E-state index contributed by atoms with van der Waals surface area (Å²) in [7, 11) is -4.46. The predicted molar refractivity (Wildman–Crippen MR) is 101 cm³/mol. The molecule has 0 saturated heterocycles. The van der Waals surface area contributed by atoms with E-state index >= 15 is 0 Å². The molecule has 0 radical (unpaired) electrons. The van der Waals surface area contributed by atoms with Crippen molar-refractivity contribution in [1.29, 1.82) is 5.26 Å². The molecule has 3 N–H and O–H groups in total. The van der Waals surface area contributed by atoms with Crippen LogP contribution in [0.3, 0.4) is 0 Å². The lowest BCUT2D eigenvalue weighted by atomic mass is 10.2. The number of nitrogens with two attached hydrogens (primary N) is 1. The molecule has 0 bridgehead atoms. The van der Waals surface area contributed by atoms with Crippen molar-refractivity contribution in [2.45, 2.75) is 24.4 Å². The van der Waals surface area contributed by atoms with Crippen LogP contribution in [0.25, 0.3) is 0 Å². The monoisotopic (exact) mass is 426 g/mol. The Balaban J connectivity index is 2.58. The van der Waals surface area contributed by atoms with Crippen molar-refractivity contribution < 1.29 is 26.4 Å². The Morgan fingerprint density at radius 2 is 1.93 bits per heavy atom. The van der Waals surface area contributed by atoms with Crippen LogP contribution in [0.5, 0.6) is 0 Å². The predicted octanol–water partition coefficient (Wildman–Crippen LogP) is 3.35. The first-order valence-electron chi connectivity index (χ1n) is 8.21. The van der Waals surface area contributed by atoms with Crippen LogP contribution in [0.4, 0.5) is 30.2 Å². The topological polar surface area (TPSA) is 116 Å². The highest BCUT2D eigenvalue weighted by atomic mass is 32.2. The van der Waals surface area contributed by atoms with E-state index in [1.165, 1.54) is 31.2 Å². The van der Waals surface area contributed by atoms with Gasteiger partial charge in [-0.15, -0.1) is 0 Å². The molecule has 154 valence electrons. The maximum Gasteiger partial charge on any atom is 0.418 e. The van der Waals surface area contributed by atoms with E-state index in [-0.39, 0.29) is 24.6 Å². The second-order valence-electron chi connectivity index (χ2n) is 5.96. The first kappa shape index (κ1) is 22.0. The molecule has 0 unspecified atom stereocenters. The van der Waals surface area contributed by atoms with Crippen LogP contribution >= 0.6 is 0 Å². The molecule has 0 aliphatic carbocycles. The van der Waals surface area contributed by atoms with Crippen molar-refractivity contribution in [3.8, 4) is 6.07 Å². The molecule has 2 rings (SSSR count). The smallest absolute Gasteiger partial charge is 0.398 e. The summed E-state index contributed by atoms with van der Waals surface area (Å²) >= 11 is 0. The lowest BCUT2D eigenvalue weighted by molar-refractivity contribution is -0.137. The molecule has 11 heteroatoms. The fourth-order valence-electron chi connectivity index (χ4n) is 2.55. The highest BCUT2D eigenvalue weighted by Gasteiger charge is 2.35. The van der Waals surface area contributed by atoms with E-state index in [1.807, 2.05) is 6.07 Å². The number of carbonyl (C=O) groups excluding carboxylic acids is 1. The van der Waals surface area contributed by atoms with Crippen LogP contribution in [0.2, 0.25) is 0 Å². The van der Waals surface area contributed by atoms with Gasteiger partial charge < -0.3 is 11.1 Å². The van der Waals surface area contributed by atoms with Crippen molar-refractivity contribution >= 4 is 33.0 Å². The highest BCUT2D eigenvalue weighted by Crippen LogP contribution is 2.36. The fraction of sp³-hybridized carbons (Fsp3) is 0.222. The van der Waals surface area contributed by atoms with Crippen LogP contribution in [0.15, 0.2) is 47.4 Å². The summed E-state index contributed by atoms with van der Waals surface area (Å²) in [4.78, 5) is 10.6. The summed E-state index contributed by atoms with van der Waals surface area (Å²) in [6.45, 7) is 0.970. The Morgan fingerprint density at radius 1 is 1.24 bits per heavy atom. The molecule has 0 spiro atoms. The molecule has 0 aliphatic rings. The van der Waals surface area contributed by atoms with E-state index in [1.54, 1.807) is 0 Å². The first-order valence-corrected chi connectivity index (χ1v) is 9.65. The van der Waals surface area contributed by atoms with Gasteiger partial charge in [0.05, 0.1) is 28.6 Å². The molecule has 0 atom stereocenters. The maximum atomic E-state index is 13.1. The van der Waals surface area contributed by atoms with Gasteiger partial charge in [0, 0.05) is 24.8 Å². The number of sulfonamides is 1. The van der Waals surface area contributed by atoms with Gasteiger partial charge in [0.1, 0.15) is 0 Å². The lowest BCUT2D eigenvalue weighted by Crippen LogP contribution is -2.32. The number of nitrogens with one attached hydrogen (secondary N) is 1. The molecule has 7 nitrogen and oxygen atoms in total. The molecule has 29 heavy (non-hydrogen) atoms. The number of hydrogen-bond acceptors (Lipinski definition) is 5. The zero-order valence-electron chi connectivity index (χ0n) is 15.2. The number of hydrogen-bond donors (Lipinski definition) is 2. The number of nitrogens with zero attached hydrogens (tertiary/aromatic N) is 2. The summed E-state index contributed by atoms with van der Waals surface area (Å²) in [5, 5.41) is 11.4. The quantitative estimate of drug-likeness (QED) is 0.687. The lowest BCUT2D eigenvalue weighted by Gasteiger charge is -2.25. The summed E-state index contributed by atoms with van der Waals surface area (Å²) in [5.74, 6) is -0.387. The first-order chi connectivity index (χ1) is 13.5. The van der Waals surface area contributed by atoms with Crippen molar-refractivity contribution in [3.05, 3.63) is 48.0 Å². The summed E-state index contributed by atoms with van der Waals surface area (Å²) in [5.41, 5.74) is 3.84. The third kappa shape index (κ3) is 5.17. The van der Waals surface area contributed by atoms with Crippen molar-refractivity contribution in [3.63, 3.8) is 0 Å². The van der Waals surface area contributed by atoms with Crippen LogP contribution in [-0.2, 0) is 21.0 Å². The molecule has 2 aromatic rings. The average molecular weight is 426 g/mol. The minimum atomic E-state index is -4.83. The Morgan fingerprint density at radius 3 is 2.52 bits per heavy atom. The Labute approximate surface area is 165 Å². The number of nitriles is 1. The van der Waals surface area contributed by atoms with Crippen molar-refractivity contribution in [2.75, 3.05) is 21.9 Å². The van der Waals surface area contributed by atoms with E-state index in [4.69, 9.17) is 11.0 Å². The summed E-state index contributed by atoms with van der Waals surface area (Å²) < 4.78 is 66.4. The van der Waals surface area contributed by atoms with Crippen LogP contribution in [0, 0.1) is 11.3 Å². The minimum Gasteiger partial charge on any atom is -0.398 e. The van der Waals surface area contributed by atoms with Gasteiger partial charge in [0.2, 0.25) is 5.91 Å². The number of halogens is 3. The molecule has 0 heterocycles. The van der Waals surface area contributed by atoms with Gasteiger partial charge in [0.25, 0.3) is 10.0 Å². The Bertz CT molecular complexity index is 1060. The van der Waals surface area contributed by atoms with Crippen LogP contribution in [0.1, 0.15) is 18.9 Å². The standard InChI is InChI=1S/C18H17F3N4O3S/c1-12(26)24-13-4-2-5-14(10-13)25(9-3-8-22)29(27,28)15-6-7-17(23)16(11-15)18(19,20)21/h2,4-7,10-11H,3,9,23H2,1H3,(H,24,26). The summed E-state index contributed by atoms with van der Waals surface area (Å²) in [6.07, 6.45) is -5.04. The van der Waals surface area contributed by atoms with Crippen LogP contribution in [-0.4, -0.2) is 20.9 Å². The van der Waals surface area contributed by atoms with Gasteiger partial charge >= 0.3 is 6.18 Å². The van der Waals surface area contributed by atoms with Gasteiger partial charge in [-0.25, -0.2) is 8.42 Å². The molecule has 0 aromatic heterocycles.